The van der Waals surface area contributed by atoms with Gasteiger partial charge in [0.25, 0.3) is 5.91 Å². The second-order valence-corrected chi connectivity index (χ2v) is 2.91. The molecule has 1 aromatic rings. The smallest absolute Gasteiger partial charge is 0.258 e. The van der Waals surface area contributed by atoms with Crippen molar-refractivity contribution in [3.63, 3.8) is 0 Å². The molecule has 2 N–H and O–H groups in total. The van der Waals surface area contributed by atoms with Crippen LogP contribution in [0.1, 0.15) is 5.56 Å². The van der Waals surface area contributed by atoms with Crippen molar-refractivity contribution in [2.45, 2.75) is 5.60 Å². The van der Waals surface area contributed by atoms with Crippen LogP contribution >= 0.6 is 0 Å². The summed E-state index contributed by atoms with van der Waals surface area (Å²) in [6, 6.07) is 8.96. The van der Waals surface area contributed by atoms with Gasteiger partial charge in [-0.2, -0.15) is 0 Å². The van der Waals surface area contributed by atoms with Crippen LogP contribution in [0.5, 0.6) is 0 Å². The molecule has 2 rings (SSSR count). The molecule has 1 aromatic carbocycles. The van der Waals surface area contributed by atoms with Crippen molar-refractivity contribution in [3.8, 4) is 0 Å². The van der Waals surface area contributed by atoms with Crippen LogP contribution in [-0.2, 0) is 10.4 Å². The molecule has 1 fully saturated rings. The van der Waals surface area contributed by atoms with Crippen molar-refractivity contribution in [1.29, 1.82) is 0 Å². The molecule has 0 spiro atoms. The number of amides is 1. The van der Waals surface area contributed by atoms with Crippen molar-refractivity contribution < 1.29 is 9.90 Å². The zero-order valence-electron chi connectivity index (χ0n) is 6.45. The van der Waals surface area contributed by atoms with Gasteiger partial charge in [0.2, 0.25) is 0 Å². The van der Waals surface area contributed by atoms with Crippen molar-refractivity contribution in [2.24, 2.45) is 0 Å². The van der Waals surface area contributed by atoms with E-state index >= 15 is 0 Å². The molecule has 1 aliphatic heterocycles. The van der Waals surface area contributed by atoms with Crippen LogP contribution in [0.4, 0.5) is 0 Å². The standard InChI is InChI=1S/C9H9NO2/c11-8-9(12,6-10-8)7-4-2-1-3-5-7/h1-5,12H,6H2,(H,10,11)/t9-/m1/s1. The summed E-state index contributed by atoms with van der Waals surface area (Å²) < 4.78 is 0. The van der Waals surface area contributed by atoms with E-state index in [-0.39, 0.29) is 5.91 Å². The first-order chi connectivity index (χ1) is 5.73. The SMILES string of the molecule is O=C1NC[C@@]1(O)c1ccccc1. The first-order valence-corrected chi connectivity index (χ1v) is 3.80. The molecule has 0 aromatic heterocycles. The predicted octanol–water partition coefficient (Wildman–Crippen LogP) is 0.00400. The number of hydrogen-bond donors (Lipinski definition) is 2. The maximum Gasteiger partial charge on any atom is 0.258 e. The van der Waals surface area contributed by atoms with Crippen LogP contribution in [0.2, 0.25) is 0 Å². The Morgan fingerprint density at radius 1 is 1.33 bits per heavy atom. The molecule has 3 nitrogen and oxygen atoms in total. The molecule has 62 valence electrons. The highest BCUT2D eigenvalue weighted by molar-refractivity contribution is 5.92. The van der Waals surface area contributed by atoms with Gasteiger partial charge in [0.1, 0.15) is 0 Å². The lowest BCUT2D eigenvalue weighted by Crippen LogP contribution is -2.62. The zero-order chi connectivity index (χ0) is 8.60. The van der Waals surface area contributed by atoms with Crippen molar-refractivity contribution in [3.05, 3.63) is 35.9 Å². The lowest BCUT2D eigenvalue weighted by Gasteiger charge is -2.35. The molecular weight excluding hydrogens is 154 g/mol. The maximum absolute atomic E-state index is 11.0. The van der Waals surface area contributed by atoms with Gasteiger partial charge in [-0.3, -0.25) is 4.79 Å². The van der Waals surface area contributed by atoms with Gasteiger partial charge in [-0.1, -0.05) is 30.3 Å². The third-order valence-electron chi connectivity index (χ3n) is 2.13. The van der Waals surface area contributed by atoms with Gasteiger partial charge in [0, 0.05) is 0 Å². The summed E-state index contributed by atoms with van der Waals surface area (Å²) in [6.45, 7) is 0.315. The van der Waals surface area contributed by atoms with E-state index in [9.17, 15) is 9.90 Å². The summed E-state index contributed by atoms with van der Waals surface area (Å²) in [5.41, 5.74) is -0.616. The molecule has 12 heavy (non-hydrogen) atoms. The monoisotopic (exact) mass is 163 g/mol. The van der Waals surface area contributed by atoms with Gasteiger partial charge >= 0.3 is 0 Å². The van der Waals surface area contributed by atoms with E-state index in [1.807, 2.05) is 6.07 Å². The third kappa shape index (κ3) is 0.833. The van der Waals surface area contributed by atoms with E-state index in [4.69, 9.17) is 0 Å². The van der Waals surface area contributed by atoms with E-state index in [0.717, 1.165) is 0 Å². The normalized spacial score (nSPS) is 27.6. The summed E-state index contributed by atoms with van der Waals surface area (Å²) in [5.74, 6) is -0.311. The lowest BCUT2D eigenvalue weighted by atomic mass is 9.87. The Labute approximate surface area is 70.0 Å². The molecule has 1 aliphatic rings. The average molecular weight is 163 g/mol. The Kier molecular flexibility index (Phi) is 1.41. The van der Waals surface area contributed by atoms with Gasteiger partial charge in [0.15, 0.2) is 5.60 Å². The molecular formula is C9H9NO2. The lowest BCUT2D eigenvalue weighted by molar-refractivity contribution is -0.153. The number of β-amino-alcohol motifs (C(OH)–C–C–N with tert-alkyl or cyclic N) is 1. The fourth-order valence-electron chi connectivity index (χ4n) is 1.28. The van der Waals surface area contributed by atoms with Gasteiger partial charge in [-0.05, 0) is 5.56 Å². The number of aliphatic hydroxyl groups is 1. The number of β-lactam (4-membered cyclic amide) rings is 1. The highest BCUT2D eigenvalue weighted by atomic mass is 16.3. The first-order valence-electron chi connectivity index (χ1n) is 3.80. The van der Waals surface area contributed by atoms with Gasteiger partial charge in [-0.15, -0.1) is 0 Å². The number of benzene rings is 1. The minimum Gasteiger partial charge on any atom is -0.374 e. The van der Waals surface area contributed by atoms with Gasteiger partial charge < -0.3 is 10.4 Å². The largest absolute Gasteiger partial charge is 0.374 e. The van der Waals surface area contributed by atoms with Crippen molar-refractivity contribution >= 4 is 5.91 Å². The van der Waals surface area contributed by atoms with E-state index in [1.165, 1.54) is 0 Å². The molecule has 0 aliphatic carbocycles. The highest BCUT2D eigenvalue weighted by Crippen LogP contribution is 2.25. The fourth-order valence-corrected chi connectivity index (χ4v) is 1.28. The summed E-state index contributed by atoms with van der Waals surface area (Å²) >= 11 is 0. The average Bonchev–Trinajstić information content (AvgIpc) is 2.16. The van der Waals surface area contributed by atoms with E-state index in [2.05, 4.69) is 5.32 Å². The van der Waals surface area contributed by atoms with Gasteiger partial charge in [0.05, 0.1) is 6.54 Å². The van der Waals surface area contributed by atoms with Crippen LogP contribution in [0.15, 0.2) is 30.3 Å². The summed E-state index contributed by atoms with van der Waals surface area (Å²) in [7, 11) is 0. The number of carbonyl (C=O) groups excluding carboxylic acids is 1. The van der Waals surface area contributed by atoms with E-state index in [0.29, 0.717) is 12.1 Å². The van der Waals surface area contributed by atoms with Gasteiger partial charge in [-0.25, -0.2) is 0 Å². The number of hydrogen-bond acceptors (Lipinski definition) is 2. The molecule has 0 unspecified atom stereocenters. The van der Waals surface area contributed by atoms with Crippen LogP contribution in [-0.4, -0.2) is 17.6 Å². The van der Waals surface area contributed by atoms with Crippen LogP contribution in [0.3, 0.4) is 0 Å². The van der Waals surface area contributed by atoms with Crippen LogP contribution < -0.4 is 5.32 Å². The summed E-state index contributed by atoms with van der Waals surface area (Å²) in [6.07, 6.45) is 0. The molecule has 1 heterocycles. The number of nitrogens with one attached hydrogen (secondary N) is 1. The Balaban J connectivity index is 2.37. The van der Waals surface area contributed by atoms with E-state index < -0.39 is 5.60 Å². The molecule has 1 saturated heterocycles. The Bertz CT molecular complexity index is 310. The Morgan fingerprint density at radius 3 is 2.42 bits per heavy atom. The minimum absolute atomic E-state index is 0.311. The zero-order valence-corrected chi connectivity index (χ0v) is 6.45. The van der Waals surface area contributed by atoms with Crippen molar-refractivity contribution in [2.75, 3.05) is 6.54 Å². The molecule has 1 atom stereocenters. The Morgan fingerprint density at radius 2 is 2.00 bits per heavy atom. The Hall–Kier alpha value is -1.35. The summed E-state index contributed by atoms with van der Waals surface area (Å²) in [4.78, 5) is 11.0. The highest BCUT2D eigenvalue weighted by Gasteiger charge is 2.45. The maximum atomic E-state index is 11.0. The molecule has 0 radical (unpaired) electrons. The second kappa shape index (κ2) is 2.32. The molecule has 3 heteroatoms. The number of rotatable bonds is 1. The van der Waals surface area contributed by atoms with Crippen LogP contribution in [0.25, 0.3) is 0 Å². The minimum atomic E-state index is -1.28. The van der Waals surface area contributed by atoms with Crippen LogP contribution in [0, 0.1) is 0 Å². The predicted molar refractivity (Wildman–Crippen MR) is 43.3 cm³/mol. The topological polar surface area (TPSA) is 49.3 Å². The second-order valence-electron chi connectivity index (χ2n) is 2.91. The first kappa shape index (κ1) is 7.31. The number of carbonyl (C=O) groups is 1. The quantitative estimate of drug-likeness (QED) is 0.573. The molecule has 0 saturated carbocycles. The van der Waals surface area contributed by atoms with Crippen molar-refractivity contribution in [1.82, 2.24) is 5.32 Å². The molecule has 0 bridgehead atoms. The summed E-state index contributed by atoms with van der Waals surface area (Å²) in [5, 5.41) is 12.2. The third-order valence-corrected chi connectivity index (χ3v) is 2.13. The van der Waals surface area contributed by atoms with E-state index in [1.54, 1.807) is 24.3 Å². The fraction of sp³-hybridized carbons (Fsp3) is 0.222. The molecule has 1 amide bonds.